The summed E-state index contributed by atoms with van der Waals surface area (Å²) in [4.78, 5) is 12.2. The van der Waals surface area contributed by atoms with E-state index < -0.39 is 5.91 Å². The fourth-order valence-corrected chi connectivity index (χ4v) is 2.52. The van der Waals surface area contributed by atoms with Crippen molar-refractivity contribution in [3.63, 3.8) is 0 Å². The average molecular weight is 352 g/mol. The summed E-state index contributed by atoms with van der Waals surface area (Å²) in [5.74, 6) is -0.214. The zero-order valence-corrected chi connectivity index (χ0v) is 13.7. The number of aromatic nitrogens is 4. The van der Waals surface area contributed by atoms with Gasteiger partial charge in [-0.25, -0.2) is 0 Å². The number of anilines is 1. The third-order valence-corrected chi connectivity index (χ3v) is 3.59. The first-order valence-electron chi connectivity index (χ1n) is 6.55. The van der Waals surface area contributed by atoms with Crippen molar-refractivity contribution in [1.29, 1.82) is 0 Å². The van der Waals surface area contributed by atoms with Crippen LogP contribution in [0.4, 0.5) is 6.01 Å². The minimum atomic E-state index is -0.398. The smallest absolute Gasteiger partial charge is 0.322 e. The molecular weight excluding hydrogens is 341 g/mol. The van der Waals surface area contributed by atoms with Gasteiger partial charge in [0.15, 0.2) is 0 Å². The molecule has 23 heavy (non-hydrogen) atoms. The SMILES string of the molecule is Cc1cc(C(=O)Nc2nnc(-c3ccc(Cl)cc3Cl)o2)n(C)n1. The first-order valence-corrected chi connectivity index (χ1v) is 7.30. The number of nitrogens with zero attached hydrogens (tertiary/aromatic N) is 4. The van der Waals surface area contributed by atoms with Gasteiger partial charge in [-0.2, -0.15) is 5.10 Å². The van der Waals surface area contributed by atoms with Crippen molar-refractivity contribution in [1.82, 2.24) is 20.0 Å². The Labute approximate surface area is 141 Å². The highest BCUT2D eigenvalue weighted by Gasteiger charge is 2.17. The third kappa shape index (κ3) is 3.20. The maximum Gasteiger partial charge on any atom is 0.322 e. The van der Waals surface area contributed by atoms with E-state index in [4.69, 9.17) is 27.6 Å². The van der Waals surface area contributed by atoms with Crippen molar-refractivity contribution in [2.75, 3.05) is 5.32 Å². The van der Waals surface area contributed by atoms with Gasteiger partial charge in [0.25, 0.3) is 11.8 Å². The van der Waals surface area contributed by atoms with E-state index in [9.17, 15) is 4.79 Å². The van der Waals surface area contributed by atoms with Crippen LogP contribution in [-0.2, 0) is 7.05 Å². The normalized spacial score (nSPS) is 10.8. The fourth-order valence-electron chi connectivity index (χ4n) is 2.03. The number of aryl methyl sites for hydroxylation is 2. The quantitative estimate of drug-likeness (QED) is 0.781. The molecule has 0 unspecified atom stereocenters. The van der Waals surface area contributed by atoms with Gasteiger partial charge in [-0.1, -0.05) is 28.3 Å². The molecule has 0 radical (unpaired) electrons. The molecule has 0 spiro atoms. The Morgan fingerprint density at radius 3 is 2.70 bits per heavy atom. The number of hydrogen-bond acceptors (Lipinski definition) is 5. The largest absolute Gasteiger partial charge is 0.403 e. The third-order valence-electron chi connectivity index (χ3n) is 3.04. The Morgan fingerprint density at radius 1 is 1.26 bits per heavy atom. The number of carbonyl (C=O) groups excluding carboxylic acids is 1. The van der Waals surface area contributed by atoms with E-state index in [-0.39, 0.29) is 11.9 Å². The molecule has 3 rings (SSSR count). The Kier molecular flexibility index (Phi) is 4.06. The van der Waals surface area contributed by atoms with E-state index in [1.807, 2.05) is 0 Å². The molecule has 2 aromatic heterocycles. The zero-order valence-electron chi connectivity index (χ0n) is 12.2. The lowest BCUT2D eigenvalue weighted by Gasteiger charge is -2.01. The van der Waals surface area contributed by atoms with Crippen molar-refractivity contribution in [2.24, 2.45) is 7.05 Å². The summed E-state index contributed by atoms with van der Waals surface area (Å²) in [5, 5.41) is 15.2. The highest BCUT2D eigenvalue weighted by Crippen LogP contribution is 2.30. The summed E-state index contributed by atoms with van der Waals surface area (Å²) in [6.07, 6.45) is 0. The molecule has 0 aliphatic rings. The molecule has 118 valence electrons. The first-order chi connectivity index (χ1) is 10.9. The van der Waals surface area contributed by atoms with Crippen molar-refractivity contribution >= 4 is 35.1 Å². The second-order valence-electron chi connectivity index (χ2n) is 4.79. The second-order valence-corrected chi connectivity index (χ2v) is 5.63. The van der Waals surface area contributed by atoms with Gasteiger partial charge in [0, 0.05) is 12.1 Å². The van der Waals surface area contributed by atoms with E-state index >= 15 is 0 Å². The minimum absolute atomic E-state index is 0.0325. The lowest BCUT2D eigenvalue weighted by Crippen LogP contribution is -2.16. The van der Waals surface area contributed by atoms with Gasteiger partial charge >= 0.3 is 6.01 Å². The Hall–Kier alpha value is -2.38. The average Bonchev–Trinajstić information content (AvgIpc) is 3.05. The topological polar surface area (TPSA) is 85.8 Å². The van der Waals surface area contributed by atoms with Crippen LogP contribution in [0.2, 0.25) is 10.0 Å². The molecular formula is C14H11Cl2N5O2. The summed E-state index contributed by atoms with van der Waals surface area (Å²) >= 11 is 11.9. The van der Waals surface area contributed by atoms with E-state index in [2.05, 4.69) is 20.6 Å². The van der Waals surface area contributed by atoms with Gasteiger partial charge in [0.05, 0.1) is 16.3 Å². The van der Waals surface area contributed by atoms with Crippen LogP contribution in [0.3, 0.4) is 0 Å². The van der Waals surface area contributed by atoms with Gasteiger partial charge in [0.2, 0.25) is 0 Å². The minimum Gasteiger partial charge on any atom is -0.403 e. The van der Waals surface area contributed by atoms with Gasteiger partial charge < -0.3 is 4.42 Å². The molecule has 0 saturated heterocycles. The van der Waals surface area contributed by atoms with Crippen molar-refractivity contribution < 1.29 is 9.21 Å². The number of rotatable bonds is 3. The molecule has 0 atom stereocenters. The molecule has 0 aliphatic heterocycles. The Balaban J connectivity index is 1.82. The predicted molar refractivity (Wildman–Crippen MR) is 85.7 cm³/mol. The molecule has 0 bridgehead atoms. The Bertz CT molecular complexity index is 887. The monoisotopic (exact) mass is 351 g/mol. The van der Waals surface area contributed by atoms with Crippen LogP contribution in [0.25, 0.3) is 11.5 Å². The van der Waals surface area contributed by atoms with Gasteiger partial charge in [-0.15, -0.1) is 5.10 Å². The number of benzene rings is 1. The van der Waals surface area contributed by atoms with Crippen LogP contribution in [0.15, 0.2) is 28.7 Å². The molecule has 1 amide bonds. The maximum atomic E-state index is 12.2. The molecule has 1 aromatic carbocycles. The van der Waals surface area contributed by atoms with Crippen LogP contribution in [0.1, 0.15) is 16.2 Å². The van der Waals surface area contributed by atoms with E-state index in [0.29, 0.717) is 21.3 Å². The van der Waals surface area contributed by atoms with E-state index in [1.165, 1.54) is 4.68 Å². The van der Waals surface area contributed by atoms with Crippen LogP contribution in [0, 0.1) is 6.92 Å². The van der Waals surface area contributed by atoms with Crippen LogP contribution in [0.5, 0.6) is 0 Å². The maximum absolute atomic E-state index is 12.2. The van der Waals surface area contributed by atoms with Crippen molar-refractivity contribution in [2.45, 2.75) is 6.92 Å². The van der Waals surface area contributed by atoms with Gasteiger partial charge in [-0.3, -0.25) is 14.8 Å². The lowest BCUT2D eigenvalue weighted by atomic mass is 10.2. The van der Waals surface area contributed by atoms with E-state index in [1.54, 1.807) is 38.2 Å². The highest BCUT2D eigenvalue weighted by molar-refractivity contribution is 6.36. The van der Waals surface area contributed by atoms with Gasteiger partial charge in [-0.05, 0) is 31.2 Å². The summed E-state index contributed by atoms with van der Waals surface area (Å²) in [7, 11) is 1.68. The van der Waals surface area contributed by atoms with Crippen LogP contribution < -0.4 is 5.32 Å². The van der Waals surface area contributed by atoms with Crippen molar-refractivity contribution in [3.8, 4) is 11.5 Å². The number of amides is 1. The molecule has 9 heteroatoms. The van der Waals surface area contributed by atoms with Gasteiger partial charge in [0.1, 0.15) is 5.69 Å². The number of carbonyl (C=O) groups is 1. The second kappa shape index (κ2) is 6.02. The Morgan fingerprint density at radius 2 is 2.04 bits per heavy atom. The molecule has 0 aliphatic carbocycles. The molecule has 7 nitrogen and oxygen atoms in total. The number of halogens is 2. The standard InChI is InChI=1S/C14H11Cl2N5O2/c1-7-5-11(21(2)20-7)12(22)17-14-19-18-13(23-14)9-4-3-8(15)6-10(9)16/h3-6H,1-2H3,(H,17,19,22). The number of nitrogens with one attached hydrogen (secondary N) is 1. The number of hydrogen-bond donors (Lipinski definition) is 1. The van der Waals surface area contributed by atoms with Crippen LogP contribution in [-0.4, -0.2) is 25.9 Å². The molecule has 2 heterocycles. The fraction of sp³-hybridized carbons (Fsp3) is 0.143. The lowest BCUT2D eigenvalue weighted by molar-refractivity contribution is 0.101. The highest BCUT2D eigenvalue weighted by atomic mass is 35.5. The summed E-state index contributed by atoms with van der Waals surface area (Å²) in [6, 6.07) is 6.51. The first kappa shape index (κ1) is 15.5. The summed E-state index contributed by atoms with van der Waals surface area (Å²) in [6.45, 7) is 1.80. The summed E-state index contributed by atoms with van der Waals surface area (Å²) < 4.78 is 6.89. The van der Waals surface area contributed by atoms with E-state index in [0.717, 1.165) is 5.69 Å². The molecule has 3 aromatic rings. The molecule has 0 saturated carbocycles. The molecule has 1 N–H and O–H groups in total. The molecule has 0 fully saturated rings. The summed E-state index contributed by atoms with van der Waals surface area (Å²) in [5.41, 5.74) is 1.64. The van der Waals surface area contributed by atoms with Crippen molar-refractivity contribution in [3.05, 3.63) is 45.7 Å². The zero-order chi connectivity index (χ0) is 16.6. The predicted octanol–water partition coefficient (Wildman–Crippen LogP) is 3.34. The van der Waals surface area contributed by atoms with Crippen LogP contribution >= 0.6 is 23.2 Å².